The lowest BCUT2D eigenvalue weighted by atomic mass is 9.93. The highest BCUT2D eigenvalue weighted by Gasteiger charge is 2.45. The number of nitrogens with zero attached hydrogens (tertiary/aromatic N) is 2. The van der Waals surface area contributed by atoms with Crippen molar-refractivity contribution in [2.24, 2.45) is 5.41 Å². The zero-order valence-electron chi connectivity index (χ0n) is 13.9. The van der Waals surface area contributed by atoms with Crippen molar-refractivity contribution in [3.63, 3.8) is 0 Å². The number of rotatable bonds is 3. The predicted molar refractivity (Wildman–Crippen MR) is 83.6 cm³/mol. The molecule has 2 heterocycles. The fraction of sp³-hybridized carbons (Fsp3) is 0.588. The van der Waals surface area contributed by atoms with Crippen LogP contribution in [0.4, 0.5) is 13.2 Å². The Labute approximate surface area is 143 Å². The van der Waals surface area contributed by atoms with Gasteiger partial charge in [0.2, 0.25) is 5.91 Å². The monoisotopic (exact) mass is 355 g/mol. The molecule has 1 spiro atoms. The van der Waals surface area contributed by atoms with E-state index in [9.17, 15) is 22.8 Å². The SMILES string of the molecule is CC(NC(=O)c1ccc(C(F)(F)F)nc1)C(=O)N1CCC2(CC1)CC2. The fourth-order valence-electron chi connectivity index (χ4n) is 3.19. The van der Waals surface area contributed by atoms with Crippen molar-refractivity contribution in [1.29, 1.82) is 0 Å². The van der Waals surface area contributed by atoms with Crippen molar-refractivity contribution in [1.82, 2.24) is 15.2 Å². The van der Waals surface area contributed by atoms with Crippen LogP contribution in [-0.4, -0.2) is 40.8 Å². The molecular formula is C17H20F3N3O2. The molecule has 1 aromatic rings. The van der Waals surface area contributed by atoms with Crippen LogP contribution in [0.5, 0.6) is 0 Å². The van der Waals surface area contributed by atoms with Crippen LogP contribution >= 0.6 is 0 Å². The molecule has 136 valence electrons. The molecule has 0 radical (unpaired) electrons. The molecule has 1 saturated carbocycles. The second-order valence-corrected chi connectivity index (χ2v) is 6.95. The van der Waals surface area contributed by atoms with Gasteiger partial charge in [0.1, 0.15) is 11.7 Å². The molecule has 1 saturated heterocycles. The van der Waals surface area contributed by atoms with E-state index in [1.54, 1.807) is 11.8 Å². The lowest BCUT2D eigenvalue weighted by Crippen LogP contribution is -2.49. The summed E-state index contributed by atoms with van der Waals surface area (Å²) >= 11 is 0. The number of amides is 2. The highest BCUT2D eigenvalue weighted by Crippen LogP contribution is 2.53. The highest BCUT2D eigenvalue weighted by molar-refractivity contribution is 5.97. The van der Waals surface area contributed by atoms with Crippen molar-refractivity contribution < 1.29 is 22.8 Å². The first-order chi connectivity index (χ1) is 11.7. The molecule has 0 bridgehead atoms. The molecular weight excluding hydrogens is 335 g/mol. The highest BCUT2D eigenvalue weighted by atomic mass is 19.4. The van der Waals surface area contributed by atoms with Gasteiger partial charge in [-0.2, -0.15) is 13.2 Å². The molecule has 3 rings (SSSR count). The molecule has 1 aromatic heterocycles. The van der Waals surface area contributed by atoms with Gasteiger partial charge in [0, 0.05) is 19.3 Å². The maximum Gasteiger partial charge on any atom is 0.433 e. The Morgan fingerprint density at radius 1 is 1.20 bits per heavy atom. The summed E-state index contributed by atoms with van der Waals surface area (Å²) in [5.41, 5.74) is -0.617. The maximum absolute atomic E-state index is 12.5. The Kier molecular flexibility index (Phi) is 4.47. The van der Waals surface area contributed by atoms with Gasteiger partial charge in [0.05, 0.1) is 5.56 Å². The van der Waals surface area contributed by atoms with Gasteiger partial charge in [-0.15, -0.1) is 0 Å². The van der Waals surface area contributed by atoms with E-state index < -0.39 is 23.8 Å². The van der Waals surface area contributed by atoms with Gasteiger partial charge in [-0.3, -0.25) is 14.6 Å². The van der Waals surface area contributed by atoms with Gasteiger partial charge >= 0.3 is 6.18 Å². The number of nitrogens with one attached hydrogen (secondary N) is 1. The number of likely N-dealkylation sites (tertiary alicyclic amines) is 1. The minimum atomic E-state index is -4.55. The first-order valence-electron chi connectivity index (χ1n) is 8.33. The van der Waals surface area contributed by atoms with Gasteiger partial charge < -0.3 is 10.2 Å². The van der Waals surface area contributed by atoms with Crippen molar-refractivity contribution in [2.75, 3.05) is 13.1 Å². The summed E-state index contributed by atoms with van der Waals surface area (Å²) in [6.07, 6.45) is 0.799. The molecule has 1 N–H and O–H groups in total. The zero-order valence-corrected chi connectivity index (χ0v) is 13.9. The van der Waals surface area contributed by atoms with Crippen molar-refractivity contribution >= 4 is 11.8 Å². The topological polar surface area (TPSA) is 62.3 Å². The molecule has 2 amide bonds. The standard InChI is InChI=1S/C17H20F3N3O2/c1-11(15(25)23-8-6-16(4-5-16)7-9-23)22-14(24)12-2-3-13(21-10-12)17(18,19)20/h2-3,10-11H,4-9H2,1H3,(H,22,24). The van der Waals surface area contributed by atoms with Crippen LogP contribution in [0.15, 0.2) is 18.3 Å². The van der Waals surface area contributed by atoms with E-state index in [2.05, 4.69) is 10.3 Å². The largest absolute Gasteiger partial charge is 0.433 e. The van der Waals surface area contributed by atoms with E-state index in [-0.39, 0.29) is 11.5 Å². The summed E-state index contributed by atoms with van der Waals surface area (Å²) in [5, 5.41) is 2.54. The summed E-state index contributed by atoms with van der Waals surface area (Å²) in [7, 11) is 0. The number of carbonyl (C=O) groups excluding carboxylic acids is 2. The molecule has 25 heavy (non-hydrogen) atoms. The number of piperidine rings is 1. The molecule has 1 aliphatic carbocycles. The number of alkyl halides is 3. The van der Waals surface area contributed by atoms with Crippen LogP contribution in [0, 0.1) is 5.41 Å². The van der Waals surface area contributed by atoms with Crippen LogP contribution in [0.25, 0.3) is 0 Å². The first kappa shape index (κ1) is 17.7. The first-order valence-corrected chi connectivity index (χ1v) is 8.33. The van der Waals surface area contributed by atoms with Gasteiger partial charge in [-0.25, -0.2) is 0 Å². The van der Waals surface area contributed by atoms with Crippen LogP contribution in [-0.2, 0) is 11.0 Å². The number of halogens is 3. The van der Waals surface area contributed by atoms with Gasteiger partial charge in [0.25, 0.3) is 5.91 Å². The minimum Gasteiger partial charge on any atom is -0.341 e. The Hall–Kier alpha value is -2.12. The molecule has 1 unspecified atom stereocenters. The summed E-state index contributed by atoms with van der Waals surface area (Å²) in [4.78, 5) is 29.5. The van der Waals surface area contributed by atoms with Crippen molar-refractivity contribution in [3.8, 4) is 0 Å². The molecule has 0 aromatic carbocycles. The number of hydrogen-bond acceptors (Lipinski definition) is 3. The molecule has 1 aliphatic heterocycles. The molecule has 1 atom stereocenters. The van der Waals surface area contributed by atoms with E-state index in [1.807, 2.05) is 0 Å². The number of pyridine rings is 1. The lowest BCUT2D eigenvalue weighted by Gasteiger charge is -2.33. The summed E-state index contributed by atoms with van der Waals surface area (Å²) < 4.78 is 37.5. The van der Waals surface area contributed by atoms with Crippen molar-refractivity contribution in [3.05, 3.63) is 29.6 Å². The number of carbonyl (C=O) groups is 2. The normalized spacial score (nSPS) is 20.2. The van der Waals surface area contributed by atoms with E-state index in [1.165, 1.54) is 12.8 Å². The molecule has 5 nitrogen and oxygen atoms in total. The van der Waals surface area contributed by atoms with Crippen LogP contribution in [0.3, 0.4) is 0 Å². The fourth-order valence-corrected chi connectivity index (χ4v) is 3.19. The van der Waals surface area contributed by atoms with Crippen LogP contribution < -0.4 is 5.32 Å². The molecule has 8 heteroatoms. The zero-order chi connectivity index (χ0) is 18.2. The Bertz CT molecular complexity index is 659. The van der Waals surface area contributed by atoms with Crippen LogP contribution in [0.1, 0.15) is 48.7 Å². The van der Waals surface area contributed by atoms with Gasteiger partial charge in [-0.05, 0) is 50.2 Å². The third-order valence-electron chi connectivity index (χ3n) is 5.13. The average Bonchev–Trinajstić information content (AvgIpc) is 3.33. The quantitative estimate of drug-likeness (QED) is 0.907. The third-order valence-corrected chi connectivity index (χ3v) is 5.13. The second kappa shape index (κ2) is 6.31. The minimum absolute atomic E-state index is 0.0109. The van der Waals surface area contributed by atoms with Gasteiger partial charge in [0.15, 0.2) is 0 Å². The van der Waals surface area contributed by atoms with E-state index >= 15 is 0 Å². The number of hydrogen-bond donors (Lipinski definition) is 1. The number of aromatic nitrogens is 1. The van der Waals surface area contributed by atoms with E-state index in [0.29, 0.717) is 18.5 Å². The summed E-state index contributed by atoms with van der Waals surface area (Å²) in [6, 6.07) is 1.07. The van der Waals surface area contributed by atoms with E-state index in [4.69, 9.17) is 0 Å². The predicted octanol–water partition coefficient (Wildman–Crippen LogP) is 2.62. The summed E-state index contributed by atoms with van der Waals surface area (Å²) in [5.74, 6) is -0.776. The Morgan fingerprint density at radius 3 is 2.32 bits per heavy atom. The van der Waals surface area contributed by atoms with Gasteiger partial charge in [-0.1, -0.05) is 0 Å². The van der Waals surface area contributed by atoms with Crippen LogP contribution in [0.2, 0.25) is 0 Å². The average molecular weight is 355 g/mol. The summed E-state index contributed by atoms with van der Waals surface area (Å²) in [6.45, 7) is 2.97. The smallest absolute Gasteiger partial charge is 0.341 e. The Morgan fingerprint density at radius 2 is 1.84 bits per heavy atom. The Balaban J connectivity index is 1.55. The molecule has 2 aliphatic rings. The van der Waals surface area contributed by atoms with E-state index in [0.717, 1.165) is 31.2 Å². The maximum atomic E-state index is 12.5. The second-order valence-electron chi connectivity index (χ2n) is 6.95. The third kappa shape index (κ3) is 3.93. The molecule has 2 fully saturated rings. The lowest BCUT2D eigenvalue weighted by molar-refractivity contribution is -0.141. The van der Waals surface area contributed by atoms with Crippen molar-refractivity contribution in [2.45, 2.75) is 44.8 Å².